The van der Waals surface area contributed by atoms with Crippen LogP contribution in [0.4, 0.5) is 0 Å². The van der Waals surface area contributed by atoms with Crippen molar-refractivity contribution in [3.05, 3.63) is 66.2 Å². The number of rotatable bonds is 7. The molecule has 0 spiro atoms. The molecule has 25 heavy (non-hydrogen) atoms. The van der Waals surface area contributed by atoms with Crippen molar-refractivity contribution < 1.29 is 13.2 Å². The van der Waals surface area contributed by atoms with Crippen molar-refractivity contribution in [1.82, 2.24) is 9.62 Å². The fraction of sp³-hybridized carbons (Fsp3) is 0.368. The Morgan fingerprint density at radius 1 is 1.04 bits per heavy atom. The molecule has 5 nitrogen and oxygen atoms in total. The third kappa shape index (κ3) is 5.12. The van der Waals surface area contributed by atoms with Crippen LogP contribution in [-0.2, 0) is 14.8 Å². The van der Waals surface area contributed by atoms with Gasteiger partial charge in [-0.3, -0.25) is 4.90 Å². The topological polar surface area (TPSA) is 58.6 Å². The highest BCUT2D eigenvalue weighted by Gasteiger charge is 2.21. The zero-order chi connectivity index (χ0) is 17.5. The molecule has 0 aromatic heterocycles. The van der Waals surface area contributed by atoms with E-state index < -0.39 is 10.0 Å². The molecule has 1 aliphatic rings. The molecule has 0 saturated carbocycles. The van der Waals surface area contributed by atoms with Gasteiger partial charge in [-0.15, -0.1) is 0 Å². The zero-order valence-electron chi connectivity index (χ0n) is 14.2. The molecule has 2 aromatic rings. The first-order chi connectivity index (χ1) is 12.1. The zero-order valence-corrected chi connectivity index (χ0v) is 15.0. The van der Waals surface area contributed by atoms with Crippen LogP contribution in [0.1, 0.15) is 18.1 Å². The van der Waals surface area contributed by atoms with Gasteiger partial charge in [-0.1, -0.05) is 48.5 Å². The standard InChI is InChI=1S/C19H24N2O3S/c22-25(23,18-10-5-2-6-11-18)20-12-7-13-21-14-15-24-19(16-21)17-8-3-1-4-9-17/h1-6,8-11,19-20H,7,12-16H2/t19-/m0/s1. The summed E-state index contributed by atoms with van der Waals surface area (Å²) < 4.78 is 32.9. The molecule has 0 bridgehead atoms. The highest BCUT2D eigenvalue weighted by Crippen LogP contribution is 2.21. The number of benzene rings is 2. The largest absolute Gasteiger partial charge is 0.371 e. The van der Waals surface area contributed by atoms with E-state index in [0.29, 0.717) is 18.0 Å². The molecular formula is C19H24N2O3S. The van der Waals surface area contributed by atoms with Crippen LogP contribution in [0.15, 0.2) is 65.6 Å². The minimum Gasteiger partial charge on any atom is -0.371 e. The maximum absolute atomic E-state index is 12.2. The molecule has 0 unspecified atom stereocenters. The van der Waals surface area contributed by atoms with E-state index in [4.69, 9.17) is 4.74 Å². The van der Waals surface area contributed by atoms with Gasteiger partial charge in [0.25, 0.3) is 0 Å². The van der Waals surface area contributed by atoms with Gasteiger partial charge >= 0.3 is 0 Å². The van der Waals surface area contributed by atoms with E-state index in [1.54, 1.807) is 30.3 Å². The number of ether oxygens (including phenoxy) is 1. The molecular weight excluding hydrogens is 336 g/mol. The van der Waals surface area contributed by atoms with Crippen LogP contribution in [0.3, 0.4) is 0 Å². The minimum atomic E-state index is -3.41. The first kappa shape index (κ1) is 18.1. The molecule has 1 saturated heterocycles. The van der Waals surface area contributed by atoms with Gasteiger partial charge in [-0.05, 0) is 30.7 Å². The van der Waals surface area contributed by atoms with Crippen molar-refractivity contribution in [1.29, 1.82) is 0 Å². The summed E-state index contributed by atoms with van der Waals surface area (Å²) in [4.78, 5) is 2.64. The van der Waals surface area contributed by atoms with Crippen molar-refractivity contribution in [3.63, 3.8) is 0 Å². The van der Waals surface area contributed by atoms with Gasteiger partial charge in [0.1, 0.15) is 0 Å². The fourth-order valence-electron chi connectivity index (χ4n) is 2.97. The second-order valence-electron chi connectivity index (χ2n) is 6.14. The summed E-state index contributed by atoms with van der Waals surface area (Å²) in [6, 6.07) is 18.7. The normalized spacial score (nSPS) is 19.0. The number of hydrogen-bond acceptors (Lipinski definition) is 4. The minimum absolute atomic E-state index is 0.0935. The lowest BCUT2D eigenvalue weighted by Crippen LogP contribution is -2.39. The van der Waals surface area contributed by atoms with Gasteiger partial charge in [0.2, 0.25) is 10.0 Å². The highest BCUT2D eigenvalue weighted by atomic mass is 32.2. The monoisotopic (exact) mass is 360 g/mol. The SMILES string of the molecule is O=S(=O)(NCCCN1CCO[C@H](c2ccccc2)C1)c1ccccc1. The maximum Gasteiger partial charge on any atom is 0.240 e. The number of nitrogens with zero attached hydrogens (tertiary/aromatic N) is 1. The Labute approximate surface area is 149 Å². The summed E-state index contributed by atoms with van der Waals surface area (Å²) in [5.41, 5.74) is 1.19. The molecule has 0 amide bonds. The molecule has 6 heteroatoms. The molecule has 134 valence electrons. The summed E-state index contributed by atoms with van der Waals surface area (Å²) in [7, 11) is -3.41. The number of sulfonamides is 1. The maximum atomic E-state index is 12.2. The smallest absolute Gasteiger partial charge is 0.240 e. The van der Waals surface area contributed by atoms with Crippen molar-refractivity contribution in [3.8, 4) is 0 Å². The van der Waals surface area contributed by atoms with E-state index in [1.807, 2.05) is 18.2 Å². The summed E-state index contributed by atoms with van der Waals surface area (Å²) in [6.45, 7) is 3.72. The summed E-state index contributed by atoms with van der Waals surface area (Å²) in [6.07, 6.45) is 0.865. The molecule has 1 atom stereocenters. The van der Waals surface area contributed by atoms with E-state index >= 15 is 0 Å². The molecule has 2 aromatic carbocycles. The van der Waals surface area contributed by atoms with Crippen LogP contribution < -0.4 is 4.72 Å². The molecule has 1 heterocycles. The Bertz CT molecular complexity index is 751. The van der Waals surface area contributed by atoms with Gasteiger partial charge in [0.15, 0.2) is 0 Å². The predicted molar refractivity (Wildman–Crippen MR) is 97.8 cm³/mol. The molecule has 3 rings (SSSR count). The number of morpholine rings is 1. The fourth-order valence-corrected chi connectivity index (χ4v) is 4.06. The van der Waals surface area contributed by atoms with E-state index in [1.165, 1.54) is 5.56 Å². The van der Waals surface area contributed by atoms with Gasteiger partial charge < -0.3 is 4.74 Å². The first-order valence-corrected chi connectivity index (χ1v) is 10.1. The molecule has 1 fully saturated rings. The van der Waals surface area contributed by atoms with Crippen LogP contribution in [-0.4, -0.2) is 46.1 Å². The van der Waals surface area contributed by atoms with Crippen molar-refractivity contribution >= 4 is 10.0 Å². The van der Waals surface area contributed by atoms with Crippen LogP contribution in [0, 0.1) is 0 Å². The average molecular weight is 360 g/mol. The van der Waals surface area contributed by atoms with Crippen LogP contribution >= 0.6 is 0 Å². The molecule has 1 N–H and O–H groups in total. The summed E-state index contributed by atoms with van der Waals surface area (Å²) >= 11 is 0. The first-order valence-electron chi connectivity index (χ1n) is 8.59. The average Bonchev–Trinajstić information content (AvgIpc) is 2.67. The lowest BCUT2D eigenvalue weighted by Gasteiger charge is -2.33. The lowest BCUT2D eigenvalue weighted by molar-refractivity contribution is -0.0300. The Balaban J connectivity index is 1.45. The van der Waals surface area contributed by atoms with E-state index in [-0.39, 0.29) is 6.10 Å². The Morgan fingerprint density at radius 3 is 2.44 bits per heavy atom. The van der Waals surface area contributed by atoms with Crippen LogP contribution in [0.25, 0.3) is 0 Å². The van der Waals surface area contributed by atoms with E-state index in [0.717, 1.165) is 26.1 Å². The van der Waals surface area contributed by atoms with Crippen molar-refractivity contribution in [2.24, 2.45) is 0 Å². The highest BCUT2D eigenvalue weighted by molar-refractivity contribution is 7.89. The number of nitrogens with one attached hydrogen (secondary N) is 1. The van der Waals surface area contributed by atoms with Crippen LogP contribution in [0.2, 0.25) is 0 Å². The van der Waals surface area contributed by atoms with Crippen LogP contribution in [0.5, 0.6) is 0 Å². The van der Waals surface area contributed by atoms with Gasteiger partial charge in [-0.25, -0.2) is 13.1 Å². The summed E-state index contributed by atoms with van der Waals surface area (Å²) in [5.74, 6) is 0. The summed E-state index contributed by atoms with van der Waals surface area (Å²) in [5, 5.41) is 0. The lowest BCUT2D eigenvalue weighted by atomic mass is 10.1. The third-order valence-corrected chi connectivity index (χ3v) is 5.80. The van der Waals surface area contributed by atoms with Crippen molar-refractivity contribution in [2.45, 2.75) is 17.4 Å². The van der Waals surface area contributed by atoms with E-state index in [2.05, 4.69) is 21.8 Å². The molecule has 0 aliphatic carbocycles. The number of hydrogen-bond donors (Lipinski definition) is 1. The van der Waals surface area contributed by atoms with Crippen molar-refractivity contribution in [2.75, 3.05) is 32.8 Å². The van der Waals surface area contributed by atoms with Gasteiger partial charge in [-0.2, -0.15) is 0 Å². The second kappa shape index (κ2) is 8.58. The van der Waals surface area contributed by atoms with E-state index in [9.17, 15) is 8.42 Å². The Morgan fingerprint density at radius 2 is 1.72 bits per heavy atom. The second-order valence-corrected chi connectivity index (χ2v) is 7.90. The molecule has 1 aliphatic heterocycles. The van der Waals surface area contributed by atoms with Gasteiger partial charge in [0, 0.05) is 19.6 Å². The van der Waals surface area contributed by atoms with Gasteiger partial charge in [0.05, 0.1) is 17.6 Å². The third-order valence-electron chi connectivity index (χ3n) is 4.32. The quantitative estimate of drug-likeness (QED) is 0.771. The molecule has 0 radical (unpaired) electrons. The predicted octanol–water partition coefficient (Wildman–Crippen LogP) is 2.43. The Hall–Kier alpha value is -1.73. The Kier molecular flexibility index (Phi) is 6.20.